The molecule has 0 amide bonds. The van der Waals surface area contributed by atoms with Crippen molar-refractivity contribution in [1.82, 2.24) is 0 Å². The van der Waals surface area contributed by atoms with E-state index >= 15 is 0 Å². The molecule has 14 heavy (non-hydrogen) atoms. The Morgan fingerprint density at radius 3 is 2.93 bits per heavy atom. The zero-order valence-corrected chi connectivity index (χ0v) is 7.12. The van der Waals surface area contributed by atoms with Gasteiger partial charge >= 0.3 is 5.97 Å². The molecule has 0 heterocycles. The second-order valence-corrected chi connectivity index (χ2v) is 2.34. The minimum absolute atomic E-state index is 0.257. The zero-order chi connectivity index (χ0) is 10.4. The Morgan fingerprint density at radius 1 is 1.57 bits per heavy atom. The lowest BCUT2D eigenvalue weighted by Gasteiger charge is -2.04. The number of azide groups is 1. The van der Waals surface area contributed by atoms with Crippen LogP contribution in [0.1, 0.15) is 0 Å². The van der Waals surface area contributed by atoms with Crippen LogP contribution in [0, 0.1) is 0 Å². The van der Waals surface area contributed by atoms with Crippen molar-refractivity contribution in [2.24, 2.45) is 5.11 Å². The van der Waals surface area contributed by atoms with Crippen LogP contribution >= 0.6 is 0 Å². The van der Waals surface area contributed by atoms with Crippen LogP contribution in [0.2, 0.25) is 0 Å². The molecule has 0 unspecified atom stereocenters. The molecule has 72 valence electrons. The molecule has 1 aromatic rings. The van der Waals surface area contributed by atoms with Gasteiger partial charge in [-0.15, -0.1) is 0 Å². The van der Waals surface area contributed by atoms with Crippen molar-refractivity contribution in [3.8, 4) is 5.75 Å². The lowest BCUT2D eigenvalue weighted by Crippen LogP contribution is -2.09. The Hall–Kier alpha value is -2.20. The lowest BCUT2D eigenvalue weighted by molar-refractivity contribution is -0.139. The fourth-order valence-electron chi connectivity index (χ4n) is 0.850. The fourth-order valence-corrected chi connectivity index (χ4v) is 0.850. The van der Waals surface area contributed by atoms with E-state index in [0.717, 1.165) is 0 Å². The predicted molar refractivity (Wildman–Crippen MR) is 48.4 cm³/mol. The maximum Gasteiger partial charge on any atom is 0.341 e. The van der Waals surface area contributed by atoms with Crippen LogP contribution in [0.3, 0.4) is 0 Å². The van der Waals surface area contributed by atoms with Gasteiger partial charge in [-0.3, -0.25) is 0 Å². The van der Waals surface area contributed by atoms with Gasteiger partial charge in [0.25, 0.3) is 0 Å². The van der Waals surface area contributed by atoms with Crippen molar-refractivity contribution in [3.05, 3.63) is 34.7 Å². The molecule has 1 N–H and O–H groups in total. The van der Waals surface area contributed by atoms with Crippen LogP contribution in [0.15, 0.2) is 29.4 Å². The monoisotopic (exact) mass is 193 g/mol. The average molecular weight is 193 g/mol. The number of carboxylic acid groups (broad SMARTS) is 1. The van der Waals surface area contributed by atoms with E-state index in [4.69, 9.17) is 15.4 Å². The molecular weight excluding hydrogens is 186 g/mol. The molecule has 0 radical (unpaired) electrons. The molecule has 6 heteroatoms. The molecule has 6 nitrogen and oxygen atoms in total. The third-order valence-corrected chi connectivity index (χ3v) is 1.37. The van der Waals surface area contributed by atoms with E-state index in [2.05, 4.69) is 10.0 Å². The van der Waals surface area contributed by atoms with E-state index < -0.39 is 12.6 Å². The van der Waals surface area contributed by atoms with Crippen molar-refractivity contribution in [2.75, 3.05) is 6.61 Å². The van der Waals surface area contributed by atoms with Crippen molar-refractivity contribution < 1.29 is 14.6 Å². The van der Waals surface area contributed by atoms with E-state index in [-0.39, 0.29) is 11.4 Å². The minimum Gasteiger partial charge on any atom is -0.481 e. The second kappa shape index (κ2) is 4.74. The highest BCUT2D eigenvalue weighted by molar-refractivity contribution is 5.69. The molecule has 0 aliphatic rings. The van der Waals surface area contributed by atoms with Gasteiger partial charge in [-0.1, -0.05) is 17.2 Å². The first-order chi connectivity index (χ1) is 6.74. The van der Waals surface area contributed by atoms with Crippen molar-refractivity contribution >= 4 is 11.7 Å². The van der Waals surface area contributed by atoms with Crippen LogP contribution in [-0.4, -0.2) is 17.7 Å². The highest BCUT2D eigenvalue weighted by atomic mass is 16.5. The van der Waals surface area contributed by atoms with Gasteiger partial charge in [0.15, 0.2) is 6.61 Å². The molecule has 0 aliphatic heterocycles. The molecule has 0 bridgehead atoms. The van der Waals surface area contributed by atoms with Crippen molar-refractivity contribution in [2.45, 2.75) is 0 Å². The van der Waals surface area contributed by atoms with Crippen molar-refractivity contribution in [1.29, 1.82) is 0 Å². The number of benzene rings is 1. The first-order valence-electron chi connectivity index (χ1n) is 3.73. The number of nitrogens with zero attached hydrogens (tertiary/aromatic N) is 3. The molecule has 0 aromatic heterocycles. The Labute approximate surface area is 79.4 Å². The first-order valence-corrected chi connectivity index (χ1v) is 3.73. The summed E-state index contributed by atoms with van der Waals surface area (Å²) in [5, 5.41) is 11.7. The Balaban J connectivity index is 2.84. The number of carbonyl (C=O) groups is 1. The van der Waals surface area contributed by atoms with Gasteiger partial charge in [0.2, 0.25) is 0 Å². The molecule has 0 saturated carbocycles. The summed E-state index contributed by atoms with van der Waals surface area (Å²) in [5.41, 5.74) is 8.48. The number of hydrogen-bond acceptors (Lipinski definition) is 3. The number of aliphatic carboxylic acids is 1. The predicted octanol–water partition coefficient (Wildman–Crippen LogP) is 2.09. The molecule has 0 spiro atoms. The third-order valence-electron chi connectivity index (χ3n) is 1.37. The summed E-state index contributed by atoms with van der Waals surface area (Å²) in [6.07, 6.45) is 0. The molecule has 1 rings (SSSR count). The molecule has 1 aromatic carbocycles. The summed E-state index contributed by atoms with van der Waals surface area (Å²) < 4.78 is 4.89. The van der Waals surface area contributed by atoms with E-state index in [1.807, 2.05) is 0 Å². The van der Waals surface area contributed by atoms with E-state index in [9.17, 15) is 4.79 Å². The van der Waals surface area contributed by atoms with Gasteiger partial charge in [0, 0.05) is 4.91 Å². The van der Waals surface area contributed by atoms with E-state index in [1.54, 1.807) is 12.1 Å². The van der Waals surface area contributed by atoms with Gasteiger partial charge in [0.1, 0.15) is 5.75 Å². The van der Waals surface area contributed by atoms with Crippen LogP contribution in [0.4, 0.5) is 5.69 Å². The number of para-hydroxylation sites is 1. The smallest absolute Gasteiger partial charge is 0.341 e. The normalized spacial score (nSPS) is 8.86. The highest BCUT2D eigenvalue weighted by Crippen LogP contribution is 2.26. The van der Waals surface area contributed by atoms with Crippen LogP contribution in [-0.2, 0) is 4.79 Å². The molecule has 0 fully saturated rings. The summed E-state index contributed by atoms with van der Waals surface area (Å²) in [4.78, 5) is 12.8. The lowest BCUT2D eigenvalue weighted by atomic mass is 10.3. The largest absolute Gasteiger partial charge is 0.481 e. The minimum atomic E-state index is -1.08. The Kier molecular flexibility index (Phi) is 3.34. The maximum absolute atomic E-state index is 10.2. The Bertz CT molecular complexity index is 385. The first kappa shape index (κ1) is 9.88. The molecule has 0 aliphatic carbocycles. The topological polar surface area (TPSA) is 95.3 Å². The summed E-state index contributed by atoms with van der Waals surface area (Å²) in [6, 6.07) is 6.40. The van der Waals surface area contributed by atoms with Gasteiger partial charge in [-0.25, -0.2) is 4.79 Å². The summed E-state index contributed by atoms with van der Waals surface area (Å²) in [5.74, 6) is -0.826. The number of rotatable bonds is 4. The van der Waals surface area contributed by atoms with Gasteiger partial charge in [-0.05, 0) is 17.7 Å². The van der Waals surface area contributed by atoms with Crippen LogP contribution in [0.5, 0.6) is 5.75 Å². The van der Waals surface area contributed by atoms with Gasteiger partial charge < -0.3 is 9.84 Å². The summed E-state index contributed by atoms with van der Waals surface area (Å²) in [7, 11) is 0. The van der Waals surface area contributed by atoms with Crippen LogP contribution < -0.4 is 4.74 Å². The maximum atomic E-state index is 10.2. The third kappa shape index (κ3) is 2.69. The highest BCUT2D eigenvalue weighted by Gasteiger charge is 2.02. The van der Waals surface area contributed by atoms with E-state index in [0.29, 0.717) is 0 Å². The Morgan fingerprint density at radius 2 is 2.29 bits per heavy atom. The fraction of sp³-hybridized carbons (Fsp3) is 0.125. The number of carboxylic acids is 1. The SMILES string of the molecule is [N-]=[N+]=Nc1ccccc1OCC(=O)O. The van der Waals surface area contributed by atoms with Gasteiger partial charge in [-0.2, -0.15) is 0 Å². The standard InChI is InChI=1S/C8H7N3O3/c9-11-10-6-3-1-2-4-7(6)14-5-8(12)13/h1-4H,5H2,(H,12,13). The average Bonchev–Trinajstić information content (AvgIpc) is 2.17. The number of ether oxygens (including phenoxy) is 1. The number of hydrogen-bond donors (Lipinski definition) is 1. The van der Waals surface area contributed by atoms with Gasteiger partial charge in [0.05, 0.1) is 5.69 Å². The van der Waals surface area contributed by atoms with Crippen molar-refractivity contribution in [3.63, 3.8) is 0 Å². The quantitative estimate of drug-likeness (QED) is 0.450. The molecule has 0 saturated heterocycles. The molecule has 0 atom stereocenters. The summed E-state index contributed by atoms with van der Waals surface area (Å²) >= 11 is 0. The molecular formula is C8H7N3O3. The second-order valence-electron chi connectivity index (χ2n) is 2.34. The summed E-state index contributed by atoms with van der Waals surface area (Å²) in [6.45, 7) is -0.460. The van der Waals surface area contributed by atoms with Crippen LogP contribution in [0.25, 0.3) is 10.4 Å². The zero-order valence-electron chi connectivity index (χ0n) is 7.12. The van der Waals surface area contributed by atoms with E-state index in [1.165, 1.54) is 12.1 Å².